The molecule has 1 rings (SSSR count). The van der Waals surface area contributed by atoms with Crippen molar-refractivity contribution in [1.82, 2.24) is 0 Å². The number of nitrogens with one attached hydrogen (secondary N) is 1. The topological polar surface area (TPSA) is 64.3 Å². The van der Waals surface area contributed by atoms with Gasteiger partial charge in [0.1, 0.15) is 17.7 Å². The van der Waals surface area contributed by atoms with Crippen molar-refractivity contribution in [2.45, 2.75) is 6.04 Å². The number of ether oxygens (including phenoxy) is 1. The van der Waals surface area contributed by atoms with Gasteiger partial charge in [0.15, 0.2) is 0 Å². The maximum Gasteiger partial charge on any atom is 0.243 e. The molecular weight excluding hydrogens is 380 g/mol. The number of carbonyl (C=O) groups is 1. The van der Waals surface area contributed by atoms with Crippen LogP contribution in [-0.4, -0.2) is 25.7 Å². The molecule has 0 radical (unpaired) electrons. The number of rotatable bonds is 4. The summed E-state index contributed by atoms with van der Waals surface area (Å²) in [4.78, 5) is 11.4. The largest absolute Gasteiger partial charge is 0.383 e. The van der Waals surface area contributed by atoms with Gasteiger partial charge in [0.2, 0.25) is 5.91 Å². The molecule has 0 spiro atoms. The van der Waals surface area contributed by atoms with Crippen LogP contribution in [0.2, 0.25) is 0 Å². The van der Waals surface area contributed by atoms with E-state index >= 15 is 0 Å². The van der Waals surface area contributed by atoms with Gasteiger partial charge in [-0.05, 0) is 34.7 Å². The lowest BCUT2D eigenvalue weighted by Gasteiger charge is -2.11. The molecule has 0 saturated heterocycles. The molecule has 1 amide bonds. The zero-order chi connectivity index (χ0) is 13.0. The summed E-state index contributed by atoms with van der Waals surface area (Å²) >= 11 is 1.54. The van der Waals surface area contributed by atoms with Gasteiger partial charge in [-0.15, -0.1) is 12.4 Å². The van der Waals surface area contributed by atoms with Crippen molar-refractivity contribution in [3.8, 4) is 0 Å². The van der Waals surface area contributed by atoms with Crippen molar-refractivity contribution in [2.24, 2.45) is 5.73 Å². The van der Waals surface area contributed by atoms with E-state index < -0.39 is 23.6 Å². The monoisotopic (exact) mass is 392 g/mol. The summed E-state index contributed by atoms with van der Waals surface area (Å²) < 4.78 is 30.9. The van der Waals surface area contributed by atoms with Gasteiger partial charge < -0.3 is 15.8 Å². The number of benzene rings is 1. The minimum Gasteiger partial charge on any atom is -0.383 e. The fourth-order valence-corrected chi connectivity index (χ4v) is 1.43. The highest BCUT2D eigenvalue weighted by molar-refractivity contribution is 14.1. The molecular formula is C10H12ClF2IN2O2. The van der Waals surface area contributed by atoms with E-state index in [0.29, 0.717) is 0 Å². The number of carbonyl (C=O) groups excluding carboxylic acids is 1. The third-order valence-electron chi connectivity index (χ3n) is 1.93. The Morgan fingerprint density at radius 3 is 2.44 bits per heavy atom. The van der Waals surface area contributed by atoms with E-state index in [1.807, 2.05) is 0 Å². The molecule has 0 saturated carbocycles. The lowest BCUT2D eigenvalue weighted by atomic mass is 10.2. The molecule has 1 aromatic carbocycles. The summed E-state index contributed by atoms with van der Waals surface area (Å²) in [7, 11) is 1.40. The maximum atomic E-state index is 13.2. The summed E-state index contributed by atoms with van der Waals surface area (Å²) in [5, 5.41) is 2.31. The van der Waals surface area contributed by atoms with Gasteiger partial charge in [0.05, 0.1) is 10.2 Å². The van der Waals surface area contributed by atoms with Crippen LogP contribution in [0.3, 0.4) is 0 Å². The van der Waals surface area contributed by atoms with Crippen LogP contribution in [0.15, 0.2) is 12.1 Å². The highest BCUT2D eigenvalue weighted by Crippen LogP contribution is 2.20. The molecule has 8 heteroatoms. The summed E-state index contributed by atoms with van der Waals surface area (Å²) in [6.07, 6.45) is 0. The molecule has 102 valence electrons. The number of anilines is 1. The molecule has 0 aliphatic heterocycles. The van der Waals surface area contributed by atoms with Crippen LogP contribution < -0.4 is 11.1 Å². The van der Waals surface area contributed by atoms with Gasteiger partial charge in [-0.25, -0.2) is 8.78 Å². The van der Waals surface area contributed by atoms with Crippen LogP contribution in [0.25, 0.3) is 0 Å². The van der Waals surface area contributed by atoms with E-state index in [9.17, 15) is 13.6 Å². The Morgan fingerprint density at radius 1 is 1.50 bits per heavy atom. The van der Waals surface area contributed by atoms with Gasteiger partial charge >= 0.3 is 0 Å². The van der Waals surface area contributed by atoms with Gasteiger partial charge in [-0.1, -0.05) is 0 Å². The van der Waals surface area contributed by atoms with Crippen molar-refractivity contribution in [3.63, 3.8) is 0 Å². The van der Waals surface area contributed by atoms with E-state index in [2.05, 4.69) is 5.32 Å². The van der Waals surface area contributed by atoms with Crippen molar-refractivity contribution < 1.29 is 18.3 Å². The number of nitrogens with two attached hydrogens (primary N) is 1. The predicted molar refractivity (Wildman–Crippen MR) is 74.8 cm³/mol. The Morgan fingerprint density at radius 2 is 2.00 bits per heavy atom. The van der Waals surface area contributed by atoms with Crippen LogP contribution in [0, 0.1) is 15.2 Å². The Kier molecular flexibility index (Phi) is 7.60. The van der Waals surface area contributed by atoms with Gasteiger partial charge in [0.25, 0.3) is 0 Å². The summed E-state index contributed by atoms with van der Waals surface area (Å²) in [5.41, 5.74) is 5.48. The molecule has 1 atom stereocenters. The normalized spacial score (nSPS) is 11.6. The first kappa shape index (κ1) is 17.5. The van der Waals surface area contributed by atoms with Crippen LogP contribution in [0.5, 0.6) is 0 Å². The molecule has 0 aromatic heterocycles. The van der Waals surface area contributed by atoms with Gasteiger partial charge in [-0.2, -0.15) is 0 Å². The molecule has 0 fully saturated rings. The number of halogens is 4. The lowest BCUT2D eigenvalue weighted by molar-refractivity contribution is -0.118. The van der Waals surface area contributed by atoms with Crippen LogP contribution in [0.4, 0.5) is 14.5 Å². The Labute approximate surface area is 123 Å². The van der Waals surface area contributed by atoms with E-state index in [-0.39, 0.29) is 28.3 Å². The fourth-order valence-electron chi connectivity index (χ4n) is 1.12. The molecule has 0 aliphatic rings. The molecule has 1 aromatic rings. The third kappa shape index (κ3) is 4.63. The second kappa shape index (κ2) is 7.82. The molecule has 18 heavy (non-hydrogen) atoms. The number of hydrogen-bond donors (Lipinski definition) is 2. The van der Waals surface area contributed by atoms with Crippen molar-refractivity contribution in [3.05, 3.63) is 27.3 Å². The molecule has 4 nitrogen and oxygen atoms in total. The summed E-state index contributed by atoms with van der Waals surface area (Å²) in [6.45, 7) is 0.0289. The third-order valence-corrected chi connectivity index (χ3v) is 2.96. The van der Waals surface area contributed by atoms with E-state index in [1.54, 1.807) is 0 Å². The Balaban J connectivity index is 0.00000289. The lowest BCUT2D eigenvalue weighted by Crippen LogP contribution is -2.39. The summed E-state index contributed by atoms with van der Waals surface area (Å²) in [6, 6.07) is 1.18. The van der Waals surface area contributed by atoms with Gasteiger partial charge in [-0.3, -0.25) is 4.79 Å². The fraction of sp³-hybridized carbons (Fsp3) is 0.300. The van der Waals surface area contributed by atoms with E-state index in [1.165, 1.54) is 29.7 Å². The van der Waals surface area contributed by atoms with Crippen LogP contribution in [-0.2, 0) is 9.53 Å². The summed E-state index contributed by atoms with van der Waals surface area (Å²) in [5.74, 6) is -2.03. The Bertz CT molecular complexity index is 411. The maximum absolute atomic E-state index is 13.2. The first-order valence-corrected chi connectivity index (χ1v) is 5.73. The van der Waals surface area contributed by atoms with Crippen LogP contribution in [0.1, 0.15) is 0 Å². The first-order valence-electron chi connectivity index (χ1n) is 4.65. The molecule has 0 aliphatic carbocycles. The molecule has 0 heterocycles. The van der Waals surface area contributed by atoms with Crippen molar-refractivity contribution in [1.29, 1.82) is 0 Å². The number of amides is 1. The standard InChI is InChI=1S/C10H11F2IN2O2.ClH/c1-17-4-8(14)10(16)15-5-2-6(11)9(13)7(12)3-5;/h2-3,8H,4,14H2,1H3,(H,15,16);1H. The minimum absolute atomic E-state index is 0. The molecule has 0 bridgehead atoms. The first-order chi connectivity index (χ1) is 7.95. The zero-order valence-electron chi connectivity index (χ0n) is 9.38. The number of hydrogen-bond acceptors (Lipinski definition) is 3. The van der Waals surface area contributed by atoms with Gasteiger partial charge in [0, 0.05) is 12.8 Å². The number of methoxy groups -OCH3 is 1. The molecule has 1 unspecified atom stereocenters. The van der Waals surface area contributed by atoms with Crippen molar-refractivity contribution >= 4 is 46.6 Å². The van der Waals surface area contributed by atoms with Crippen molar-refractivity contribution in [2.75, 3.05) is 19.0 Å². The SMILES string of the molecule is COCC(N)C(=O)Nc1cc(F)c(I)c(F)c1.Cl. The minimum atomic E-state index is -0.884. The zero-order valence-corrected chi connectivity index (χ0v) is 12.3. The highest BCUT2D eigenvalue weighted by Gasteiger charge is 2.15. The van der Waals surface area contributed by atoms with E-state index in [4.69, 9.17) is 10.5 Å². The predicted octanol–water partition coefficient (Wildman–Crippen LogP) is 1.90. The molecule has 3 N–H and O–H groups in total. The second-order valence-electron chi connectivity index (χ2n) is 3.30. The van der Waals surface area contributed by atoms with E-state index in [0.717, 1.165) is 12.1 Å². The highest BCUT2D eigenvalue weighted by atomic mass is 127. The average molecular weight is 393 g/mol. The average Bonchev–Trinajstić information content (AvgIpc) is 2.26. The second-order valence-corrected chi connectivity index (χ2v) is 4.38. The Hall–Kier alpha value is -0.510. The van der Waals surface area contributed by atoms with Crippen LogP contribution >= 0.6 is 35.0 Å². The smallest absolute Gasteiger partial charge is 0.243 e. The quantitative estimate of drug-likeness (QED) is 0.608.